The molecule has 0 saturated carbocycles. The zero-order valence-electron chi connectivity index (χ0n) is 30.7. The van der Waals surface area contributed by atoms with Crippen LogP contribution in [0.15, 0.2) is 173 Å². The Balaban J connectivity index is 0.964. The predicted molar refractivity (Wildman–Crippen MR) is 230 cm³/mol. The summed E-state index contributed by atoms with van der Waals surface area (Å²) in [6.45, 7) is 0. The SMILES string of the molecule is C1=Cc2c(oc3ccc(-c4ccc5c(c4)c4ccccc4n5-c4ccc5oc6cc(-c7nc(-c8ccccc8)nc(-c8ccccc8)n7)ccc6c5c4)cc23)CC1. The molecule has 0 amide bonds. The Labute approximate surface area is 327 Å². The van der Waals surface area contributed by atoms with E-state index in [9.17, 15) is 0 Å². The first-order valence-corrected chi connectivity index (χ1v) is 19.3. The lowest BCUT2D eigenvalue weighted by molar-refractivity contribution is 0.546. The molecule has 0 radical (unpaired) electrons. The fourth-order valence-electron chi connectivity index (χ4n) is 8.54. The van der Waals surface area contributed by atoms with Crippen molar-refractivity contribution in [1.29, 1.82) is 0 Å². The highest BCUT2D eigenvalue weighted by Gasteiger charge is 2.19. The Morgan fingerprint density at radius 3 is 1.84 bits per heavy atom. The highest BCUT2D eigenvalue weighted by molar-refractivity contribution is 6.12. The van der Waals surface area contributed by atoms with E-state index in [1.165, 1.54) is 32.8 Å². The number of hydrogen-bond donors (Lipinski definition) is 0. The number of hydrogen-bond acceptors (Lipinski definition) is 5. The van der Waals surface area contributed by atoms with E-state index in [-0.39, 0.29) is 0 Å². The third-order valence-corrected chi connectivity index (χ3v) is 11.3. The second-order valence-electron chi connectivity index (χ2n) is 14.7. The van der Waals surface area contributed by atoms with Gasteiger partial charge in [-0.3, -0.25) is 0 Å². The van der Waals surface area contributed by atoms with Crippen LogP contribution in [-0.4, -0.2) is 19.5 Å². The summed E-state index contributed by atoms with van der Waals surface area (Å²) in [7, 11) is 0. The monoisotopic (exact) mass is 732 g/mol. The minimum Gasteiger partial charge on any atom is -0.460 e. The number of para-hydroxylation sites is 1. The van der Waals surface area contributed by atoms with Crippen LogP contribution in [-0.2, 0) is 6.42 Å². The lowest BCUT2D eigenvalue weighted by Crippen LogP contribution is -2.00. The summed E-state index contributed by atoms with van der Waals surface area (Å²) in [4.78, 5) is 14.8. The molecule has 6 nitrogen and oxygen atoms in total. The maximum atomic E-state index is 6.52. The summed E-state index contributed by atoms with van der Waals surface area (Å²) < 4.78 is 15.1. The van der Waals surface area contributed by atoms with Gasteiger partial charge >= 0.3 is 0 Å². The van der Waals surface area contributed by atoms with Crippen LogP contribution in [0.1, 0.15) is 17.7 Å². The second-order valence-corrected chi connectivity index (χ2v) is 14.7. The molecule has 7 aromatic carbocycles. The van der Waals surface area contributed by atoms with Crippen molar-refractivity contribution in [3.63, 3.8) is 0 Å². The minimum atomic E-state index is 0.594. The first-order chi connectivity index (χ1) is 28.2. The standard InChI is InChI=1S/C51H32N4O2/c1-3-11-31(12-4-1)49-52-50(32-13-5-2-6-14-32)54-51(53-49)35-19-23-39-42-30-36(22-26-47(42)57-48(39)29-35)55-43-17-9-7-15-37(43)40-27-33(20-24-44(40)55)34-21-25-46-41(28-34)38-16-8-10-18-45(38)56-46/h1-9,11-17,19-30H,10,18H2. The molecule has 0 spiro atoms. The topological polar surface area (TPSA) is 69.9 Å². The number of allylic oxidation sites excluding steroid dienone is 1. The van der Waals surface area contributed by atoms with E-state index in [1.807, 2.05) is 66.7 Å². The van der Waals surface area contributed by atoms with Gasteiger partial charge in [-0.1, -0.05) is 109 Å². The van der Waals surface area contributed by atoms with Crippen LogP contribution in [0.2, 0.25) is 0 Å². The molecule has 1 aliphatic rings. The van der Waals surface area contributed by atoms with Crippen molar-refractivity contribution >= 4 is 60.8 Å². The van der Waals surface area contributed by atoms with Crippen molar-refractivity contribution in [2.75, 3.05) is 0 Å². The van der Waals surface area contributed by atoms with Gasteiger partial charge in [-0.25, -0.2) is 15.0 Å². The number of nitrogens with zero attached hydrogens (tertiary/aromatic N) is 4. The number of fused-ring (bicyclic) bond motifs is 9. The molecule has 0 atom stereocenters. The molecule has 0 N–H and O–H groups in total. The molecule has 0 unspecified atom stereocenters. The summed E-state index contributed by atoms with van der Waals surface area (Å²) in [5.74, 6) is 2.93. The number of benzene rings is 7. The van der Waals surface area contributed by atoms with Crippen LogP contribution < -0.4 is 0 Å². The lowest BCUT2D eigenvalue weighted by Gasteiger charge is -2.09. The van der Waals surface area contributed by atoms with E-state index in [4.69, 9.17) is 23.8 Å². The molecule has 12 rings (SSSR count). The summed E-state index contributed by atoms with van der Waals surface area (Å²) in [6, 6.07) is 54.9. The third-order valence-electron chi connectivity index (χ3n) is 11.3. The lowest BCUT2D eigenvalue weighted by atomic mass is 9.98. The molecule has 4 aromatic heterocycles. The molecule has 57 heavy (non-hydrogen) atoms. The summed E-state index contributed by atoms with van der Waals surface area (Å²) in [5.41, 5.74) is 12.2. The van der Waals surface area contributed by atoms with E-state index < -0.39 is 0 Å². The molecule has 6 heteroatoms. The quantitative estimate of drug-likeness (QED) is 0.176. The van der Waals surface area contributed by atoms with Crippen molar-refractivity contribution in [2.45, 2.75) is 12.8 Å². The zero-order chi connectivity index (χ0) is 37.5. The molecular formula is C51H32N4O2. The molecule has 268 valence electrons. The van der Waals surface area contributed by atoms with Crippen molar-refractivity contribution in [3.8, 4) is 51.0 Å². The highest BCUT2D eigenvalue weighted by atomic mass is 16.3. The van der Waals surface area contributed by atoms with Gasteiger partial charge in [0.1, 0.15) is 22.5 Å². The Hall–Kier alpha value is -7.57. The van der Waals surface area contributed by atoms with E-state index >= 15 is 0 Å². The first-order valence-electron chi connectivity index (χ1n) is 19.3. The van der Waals surface area contributed by atoms with Gasteiger partial charge in [0.05, 0.1) is 11.0 Å². The number of aryl methyl sites for hydroxylation is 1. The molecule has 11 aromatic rings. The van der Waals surface area contributed by atoms with Crippen LogP contribution >= 0.6 is 0 Å². The number of furan rings is 2. The van der Waals surface area contributed by atoms with Crippen molar-refractivity contribution in [1.82, 2.24) is 19.5 Å². The molecule has 0 bridgehead atoms. The van der Waals surface area contributed by atoms with Crippen LogP contribution in [0.5, 0.6) is 0 Å². The summed E-state index contributed by atoms with van der Waals surface area (Å²) in [5, 5.41) is 5.68. The average Bonchev–Trinajstić information content (AvgIpc) is 3.95. The Morgan fingerprint density at radius 1 is 0.421 bits per heavy atom. The van der Waals surface area contributed by atoms with Gasteiger partial charge in [0.15, 0.2) is 17.5 Å². The zero-order valence-corrected chi connectivity index (χ0v) is 30.7. The van der Waals surface area contributed by atoms with E-state index in [1.54, 1.807) is 0 Å². The average molecular weight is 733 g/mol. The minimum absolute atomic E-state index is 0.594. The molecule has 0 saturated heterocycles. The van der Waals surface area contributed by atoms with Crippen molar-refractivity contribution in [3.05, 3.63) is 175 Å². The Bertz CT molecular complexity index is 3350. The number of rotatable bonds is 5. The normalized spacial score (nSPS) is 12.7. The molecular weight excluding hydrogens is 701 g/mol. The van der Waals surface area contributed by atoms with Crippen LogP contribution in [0.25, 0.3) is 112 Å². The van der Waals surface area contributed by atoms with Crippen LogP contribution in [0.3, 0.4) is 0 Å². The van der Waals surface area contributed by atoms with Crippen molar-refractivity contribution in [2.24, 2.45) is 0 Å². The van der Waals surface area contributed by atoms with E-state index in [0.717, 1.165) is 79.5 Å². The maximum absolute atomic E-state index is 6.52. The second kappa shape index (κ2) is 12.5. The fourth-order valence-corrected chi connectivity index (χ4v) is 8.54. The van der Waals surface area contributed by atoms with Gasteiger partial charge in [0.25, 0.3) is 0 Å². The highest BCUT2D eigenvalue weighted by Crippen LogP contribution is 2.40. The molecule has 0 aliphatic heterocycles. The van der Waals surface area contributed by atoms with Crippen LogP contribution in [0, 0.1) is 0 Å². The fraction of sp³-hybridized carbons (Fsp3) is 0.0392. The van der Waals surface area contributed by atoms with E-state index in [2.05, 4.69) is 108 Å². The van der Waals surface area contributed by atoms with Gasteiger partial charge in [0.2, 0.25) is 0 Å². The summed E-state index contributed by atoms with van der Waals surface area (Å²) in [6.07, 6.45) is 6.43. The Kier molecular flexibility index (Phi) is 6.95. The molecule has 0 fully saturated rings. The predicted octanol–water partition coefficient (Wildman–Crippen LogP) is 13.2. The van der Waals surface area contributed by atoms with Gasteiger partial charge in [-0.15, -0.1) is 0 Å². The maximum Gasteiger partial charge on any atom is 0.164 e. The van der Waals surface area contributed by atoms with Gasteiger partial charge in [0, 0.05) is 61.3 Å². The van der Waals surface area contributed by atoms with Gasteiger partial charge in [-0.05, 0) is 78.2 Å². The molecule has 1 aliphatic carbocycles. The largest absolute Gasteiger partial charge is 0.460 e. The van der Waals surface area contributed by atoms with Gasteiger partial charge < -0.3 is 13.4 Å². The summed E-state index contributed by atoms with van der Waals surface area (Å²) >= 11 is 0. The van der Waals surface area contributed by atoms with Crippen molar-refractivity contribution < 1.29 is 8.83 Å². The van der Waals surface area contributed by atoms with E-state index in [0.29, 0.717) is 17.5 Å². The third kappa shape index (κ3) is 5.15. The molecule has 4 heterocycles. The van der Waals surface area contributed by atoms with Gasteiger partial charge in [-0.2, -0.15) is 0 Å². The van der Waals surface area contributed by atoms with Crippen LogP contribution in [0.4, 0.5) is 0 Å². The first kappa shape index (κ1) is 31.7. The smallest absolute Gasteiger partial charge is 0.164 e. The number of aromatic nitrogens is 4. The Morgan fingerprint density at radius 2 is 1.05 bits per heavy atom.